The van der Waals surface area contributed by atoms with Crippen LogP contribution in [-0.4, -0.2) is 15.0 Å². The molecule has 0 unspecified atom stereocenters. The summed E-state index contributed by atoms with van der Waals surface area (Å²) in [5.74, 6) is 0.295. The molecule has 5 nitrogen and oxygen atoms in total. The van der Waals surface area contributed by atoms with Gasteiger partial charge in [-0.2, -0.15) is 15.0 Å². The second-order valence-electron chi connectivity index (χ2n) is 3.85. The maximum Gasteiger partial charge on any atom is 0.232 e. The van der Waals surface area contributed by atoms with Crippen LogP contribution in [0.2, 0.25) is 10.6 Å². The van der Waals surface area contributed by atoms with E-state index in [-0.39, 0.29) is 10.6 Å². The lowest BCUT2D eigenvalue weighted by Crippen LogP contribution is -2.01. The number of hydrogen-bond acceptors (Lipinski definition) is 5. The number of aryl methyl sites for hydroxylation is 2. The van der Waals surface area contributed by atoms with E-state index >= 15 is 0 Å². The second-order valence-corrected chi connectivity index (χ2v) is 4.52. The van der Waals surface area contributed by atoms with Crippen LogP contribution in [0.4, 0.5) is 17.3 Å². The lowest BCUT2D eigenvalue weighted by Gasteiger charge is -2.10. The first kappa shape index (κ1) is 12.9. The molecule has 0 atom stereocenters. The molecule has 2 rings (SSSR count). The third-order valence-electron chi connectivity index (χ3n) is 2.43. The van der Waals surface area contributed by atoms with Crippen molar-refractivity contribution >= 4 is 40.5 Å². The van der Waals surface area contributed by atoms with Gasteiger partial charge in [0.1, 0.15) is 0 Å². The smallest absolute Gasteiger partial charge is 0.232 e. The minimum absolute atomic E-state index is 0.0430. The van der Waals surface area contributed by atoms with E-state index in [0.717, 1.165) is 22.5 Å². The molecule has 18 heavy (non-hydrogen) atoms. The van der Waals surface area contributed by atoms with Crippen LogP contribution in [0.1, 0.15) is 11.1 Å². The molecule has 1 aromatic heterocycles. The summed E-state index contributed by atoms with van der Waals surface area (Å²) in [6, 6.07) is 3.79. The van der Waals surface area contributed by atoms with Crippen LogP contribution in [0.15, 0.2) is 12.1 Å². The zero-order chi connectivity index (χ0) is 13.3. The predicted octanol–water partition coefficient (Wildman–Crippen LogP) is 3.12. The van der Waals surface area contributed by atoms with Crippen LogP contribution in [-0.2, 0) is 0 Å². The lowest BCUT2D eigenvalue weighted by atomic mass is 10.1. The first-order valence-electron chi connectivity index (χ1n) is 5.16. The van der Waals surface area contributed by atoms with Crippen LogP contribution >= 0.6 is 23.2 Å². The Balaban J connectivity index is 2.34. The summed E-state index contributed by atoms with van der Waals surface area (Å²) in [6.07, 6.45) is 0. The van der Waals surface area contributed by atoms with Crippen molar-refractivity contribution in [1.82, 2.24) is 15.0 Å². The van der Waals surface area contributed by atoms with Crippen molar-refractivity contribution in [2.75, 3.05) is 11.1 Å². The van der Waals surface area contributed by atoms with Crippen molar-refractivity contribution in [3.63, 3.8) is 0 Å². The monoisotopic (exact) mass is 283 g/mol. The minimum Gasteiger partial charge on any atom is -0.398 e. The summed E-state index contributed by atoms with van der Waals surface area (Å²) >= 11 is 11.4. The van der Waals surface area contributed by atoms with E-state index in [1.807, 2.05) is 26.0 Å². The first-order valence-corrected chi connectivity index (χ1v) is 5.92. The summed E-state index contributed by atoms with van der Waals surface area (Å²) < 4.78 is 0. The number of nitrogens with two attached hydrogens (primary N) is 1. The molecular formula is C11H11Cl2N5. The highest BCUT2D eigenvalue weighted by Gasteiger charge is 2.06. The van der Waals surface area contributed by atoms with Crippen LogP contribution in [0.3, 0.4) is 0 Å². The van der Waals surface area contributed by atoms with Gasteiger partial charge in [-0.25, -0.2) is 0 Å². The fourth-order valence-corrected chi connectivity index (χ4v) is 1.92. The molecule has 0 spiro atoms. The van der Waals surface area contributed by atoms with Gasteiger partial charge in [-0.05, 0) is 60.3 Å². The molecule has 0 aliphatic heterocycles. The van der Waals surface area contributed by atoms with E-state index in [0.29, 0.717) is 5.95 Å². The van der Waals surface area contributed by atoms with Crippen molar-refractivity contribution in [1.29, 1.82) is 0 Å². The summed E-state index contributed by atoms with van der Waals surface area (Å²) in [5.41, 5.74) is 9.42. The molecule has 0 amide bonds. The fourth-order valence-electron chi connectivity index (χ4n) is 1.56. The Morgan fingerprint density at radius 1 is 1.00 bits per heavy atom. The maximum atomic E-state index is 5.88. The van der Waals surface area contributed by atoms with Gasteiger partial charge in [0.2, 0.25) is 16.5 Å². The van der Waals surface area contributed by atoms with Gasteiger partial charge in [0, 0.05) is 11.4 Å². The molecule has 0 aliphatic rings. The number of aromatic nitrogens is 3. The Labute approximate surface area is 114 Å². The molecule has 2 aromatic rings. The molecule has 0 radical (unpaired) electrons. The van der Waals surface area contributed by atoms with Gasteiger partial charge in [-0.1, -0.05) is 0 Å². The quantitative estimate of drug-likeness (QED) is 0.828. The largest absolute Gasteiger partial charge is 0.398 e. The van der Waals surface area contributed by atoms with Gasteiger partial charge in [0.25, 0.3) is 0 Å². The molecule has 3 N–H and O–H groups in total. The standard InChI is InChI=1S/C11H11Cl2N5/c1-5-3-7(4-6(2)8(5)14)15-11-17-9(12)16-10(13)18-11/h3-4H,14H2,1-2H3,(H,15,16,17,18). The Morgan fingerprint density at radius 3 is 2.00 bits per heavy atom. The molecule has 7 heteroatoms. The normalized spacial score (nSPS) is 10.4. The topological polar surface area (TPSA) is 76.7 Å². The molecule has 0 aliphatic carbocycles. The summed E-state index contributed by atoms with van der Waals surface area (Å²) in [7, 11) is 0. The Morgan fingerprint density at radius 2 is 1.50 bits per heavy atom. The van der Waals surface area contributed by atoms with E-state index in [2.05, 4.69) is 20.3 Å². The maximum absolute atomic E-state index is 5.88. The van der Waals surface area contributed by atoms with E-state index < -0.39 is 0 Å². The zero-order valence-electron chi connectivity index (χ0n) is 9.83. The average Bonchev–Trinajstić information content (AvgIpc) is 2.24. The zero-order valence-corrected chi connectivity index (χ0v) is 11.3. The molecule has 1 heterocycles. The third kappa shape index (κ3) is 2.80. The lowest BCUT2D eigenvalue weighted by molar-refractivity contribution is 1.05. The first-order chi connectivity index (χ1) is 8.45. The van der Waals surface area contributed by atoms with E-state index in [4.69, 9.17) is 28.9 Å². The average molecular weight is 284 g/mol. The van der Waals surface area contributed by atoms with Crippen molar-refractivity contribution in [3.05, 3.63) is 33.8 Å². The van der Waals surface area contributed by atoms with Gasteiger partial charge >= 0.3 is 0 Å². The van der Waals surface area contributed by atoms with Gasteiger partial charge in [0.05, 0.1) is 0 Å². The van der Waals surface area contributed by atoms with E-state index in [1.165, 1.54) is 0 Å². The van der Waals surface area contributed by atoms with E-state index in [9.17, 15) is 0 Å². The van der Waals surface area contributed by atoms with E-state index in [1.54, 1.807) is 0 Å². The van der Waals surface area contributed by atoms with Crippen molar-refractivity contribution in [2.45, 2.75) is 13.8 Å². The van der Waals surface area contributed by atoms with Crippen molar-refractivity contribution < 1.29 is 0 Å². The number of hydrogen-bond donors (Lipinski definition) is 2. The number of anilines is 3. The van der Waals surface area contributed by atoms with Gasteiger partial charge in [-0.15, -0.1) is 0 Å². The predicted molar refractivity (Wildman–Crippen MR) is 73.5 cm³/mol. The van der Waals surface area contributed by atoms with Crippen LogP contribution < -0.4 is 11.1 Å². The summed E-state index contributed by atoms with van der Waals surface area (Å²) in [5, 5.41) is 3.09. The minimum atomic E-state index is 0.0430. The highest BCUT2D eigenvalue weighted by Crippen LogP contribution is 2.24. The molecule has 0 saturated carbocycles. The number of benzene rings is 1. The third-order valence-corrected chi connectivity index (χ3v) is 2.77. The second kappa shape index (κ2) is 4.96. The van der Waals surface area contributed by atoms with Gasteiger partial charge in [0.15, 0.2) is 0 Å². The summed E-state index contributed by atoms with van der Waals surface area (Å²) in [4.78, 5) is 11.5. The fraction of sp³-hybridized carbons (Fsp3) is 0.182. The van der Waals surface area contributed by atoms with Crippen LogP contribution in [0, 0.1) is 13.8 Å². The molecule has 1 aromatic carbocycles. The van der Waals surface area contributed by atoms with Gasteiger partial charge in [-0.3, -0.25) is 0 Å². The molecular weight excluding hydrogens is 273 g/mol. The van der Waals surface area contributed by atoms with Gasteiger partial charge < -0.3 is 11.1 Å². The highest BCUT2D eigenvalue weighted by molar-refractivity contribution is 6.31. The summed E-state index contributed by atoms with van der Waals surface area (Å²) in [6.45, 7) is 3.86. The molecule has 0 fully saturated rings. The SMILES string of the molecule is Cc1cc(Nc2nc(Cl)nc(Cl)n2)cc(C)c1N. The Bertz CT molecular complexity index is 557. The van der Waals surface area contributed by atoms with Crippen LogP contribution in [0.5, 0.6) is 0 Å². The molecule has 94 valence electrons. The Hall–Kier alpha value is -1.59. The number of nitrogens with zero attached hydrogens (tertiary/aromatic N) is 3. The number of nitrogen functional groups attached to an aromatic ring is 1. The highest BCUT2D eigenvalue weighted by atomic mass is 35.5. The van der Waals surface area contributed by atoms with Crippen molar-refractivity contribution in [2.24, 2.45) is 0 Å². The van der Waals surface area contributed by atoms with Crippen LogP contribution in [0.25, 0.3) is 0 Å². The number of halogens is 2. The molecule has 0 bridgehead atoms. The number of rotatable bonds is 2. The van der Waals surface area contributed by atoms with Crippen molar-refractivity contribution in [3.8, 4) is 0 Å². The Kier molecular flexibility index (Phi) is 3.54. The number of nitrogens with one attached hydrogen (secondary N) is 1. The molecule has 0 saturated heterocycles.